The highest BCUT2D eigenvalue weighted by atomic mass is 15.1. The van der Waals surface area contributed by atoms with Crippen LogP contribution in [0.2, 0.25) is 0 Å². The van der Waals surface area contributed by atoms with Crippen LogP contribution in [0.5, 0.6) is 0 Å². The minimum absolute atomic E-state index is 0.711. The first-order valence-electron chi connectivity index (χ1n) is 4.21. The van der Waals surface area contributed by atoms with Crippen LogP contribution in [0.15, 0.2) is 0 Å². The molecule has 1 unspecified atom stereocenters. The van der Waals surface area contributed by atoms with Gasteiger partial charge in [0.2, 0.25) is 0 Å². The quantitative estimate of drug-likeness (QED) is 0.535. The minimum Gasteiger partial charge on any atom is -0.314 e. The minimum atomic E-state index is 0.711. The summed E-state index contributed by atoms with van der Waals surface area (Å²) in [5, 5.41) is 3.48. The zero-order valence-electron chi connectivity index (χ0n) is 7.06. The van der Waals surface area contributed by atoms with Crippen molar-refractivity contribution < 1.29 is 0 Å². The lowest BCUT2D eigenvalue weighted by Crippen LogP contribution is -2.36. The summed E-state index contributed by atoms with van der Waals surface area (Å²) in [6.07, 6.45) is 2.58. The van der Waals surface area contributed by atoms with E-state index in [1.807, 2.05) is 0 Å². The van der Waals surface area contributed by atoms with E-state index in [4.69, 9.17) is 0 Å². The average molecular weight is 142 g/mol. The Hall–Kier alpha value is -0.0800. The molecule has 1 N–H and O–H groups in total. The average Bonchev–Trinajstić information content (AvgIpc) is 1.90. The summed E-state index contributed by atoms with van der Waals surface area (Å²) in [7, 11) is 2.21. The Morgan fingerprint density at radius 3 is 3.00 bits per heavy atom. The Labute approximate surface area is 63.6 Å². The largest absolute Gasteiger partial charge is 0.314 e. The van der Waals surface area contributed by atoms with Gasteiger partial charge in [-0.3, -0.25) is 0 Å². The van der Waals surface area contributed by atoms with Crippen molar-refractivity contribution in [2.45, 2.75) is 25.8 Å². The predicted octanol–water partition coefficient (Wildman–Crippen LogP) is 0.690. The molecule has 1 heterocycles. The van der Waals surface area contributed by atoms with Gasteiger partial charge in [0.25, 0.3) is 0 Å². The maximum absolute atomic E-state index is 3.48. The Morgan fingerprint density at radius 1 is 1.40 bits per heavy atom. The van der Waals surface area contributed by atoms with E-state index in [9.17, 15) is 0 Å². The molecule has 0 spiro atoms. The van der Waals surface area contributed by atoms with Crippen LogP contribution in [-0.4, -0.2) is 37.6 Å². The van der Waals surface area contributed by atoms with Crippen molar-refractivity contribution in [2.24, 2.45) is 0 Å². The smallest absolute Gasteiger partial charge is 0.00509 e. The molecule has 1 saturated heterocycles. The van der Waals surface area contributed by atoms with Crippen LogP contribution in [0.25, 0.3) is 0 Å². The molecule has 1 aliphatic rings. The molecule has 2 heteroatoms. The first kappa shape index (κ1) is 8.02. The molecule has 1 atom stereocenters. The van der Waals surface area contributed by atoms with Crippen molar-refractivity contribution in [3.63, 3.8) is 0 Å². The predicted molar refractivity (Wildman–Crippen MR) is 44.2 cm³/mol. The first-order chi connectivity index (χ1) is 4.79. The van der Waals surface area contributed by atoms with Crippen molar-refractivity contribution in [2.75, 3.05) is 26.7 Å². The van der Waals surface area contributed by atoms with Gasteiger partial charge in [-0.1, -0.05) is 0 Å². The summed E-state index contributed by atoms with van der Waals surface area (Å²) in [6.45, 7) is 5.94. The van der Waals surface area contributed by atoms with Gasteiger partial charge in [0.15, 0.2) is 0 Å². The van der Waals surface area contributed by atoms with Crippen LogP contribution < -0.4 is 5.32 Å². The van der Waals surface area contributed by atoms with Gasteiger partial charge in [0, 0.05) is 6.04 Å². The first-order valence-corrected chi connectivity index (χ1v) is 4.21. The van der Waals surface area contributed by atoms with Gasteiger partial charge in [-0.15, -0.1) is 0 Å². The van der Waals surface area contributed by atoms with E-state index in [0.717, 1.165) is 0 Å². The van der Waals surface area contributed by atoms with Crippen LogP contribution >= 0.6 is 0 Å². The molecule has 1 rings (SSSR count). The second kappa shape index (κ2) is 3.94. The van der Waals surface area contributed by atoms with Crippen LogP contribution in [0.1, 0.15) is 19.8 Å². The molecule has 10 heavy (non-hydrogen) atoms. The topological polar surface area (TPSA) is 15.3 Å². The van der Waals surface area contributed by atoms with Gasteiger partial charge in [-0.2, -0.15) is 0 Å². The highest BCUT2D eigenvalue weighted by molar-refractivity contribution is 4.67. The Kier molecular flexibility index (Phi) is 3.16. The molecule has 0 aromatic heterocycles. The van der Waals surface area contributed by atoms with Crippen molar-refractivity contribution in [1.29, 1.82) is 0 Å². The van der Waals surface area contributed by atoms with E-state index in [1.54, 1.807) is 0 Å². The molecular weight excluding hydrogens is 124 g/mol. The van der Waals surface area contributed by atoms with E-state index in [0.29, 0.717) is 6.04 Å². The highest BCUT2D eigenvalue weighted by Crippen LogP contribution is 1.98. The monoisotopic (exact) mass is 142 g/mol. The van der Waals surface area contributed by atoms with Gasteiger partial charge in [0.05, 0.1) is 0 Å². The second-order valence-electron chi connectivity index (χ2n) is 3.30. The van der Waals surface area contributed by atoms with Crippen LogP contribution in [0.4, 0.5) is 0 Å². The summed E-state index contributed by atoms with van der Waals surface area (Å²) in [6, 6.07) is 0.711. The van der Waals surface area contributed by atoms with Gasteiger partial charge >= 0.3 is 0 Å². The van der Waals surface area contributed by atoms with E-state index in [1.165, 1.54) is 32.5 Å². The third-order valence-corrected chi connectivity index (χ3v) is 2.15. The zero-order chi connectivity index (χ0) is 7.40. The van der Waals surface area contributed by atoms with E-state index in [2.05, 4.69) is 24.2 Å². The summed E-state index contributed by atoms with van der Waals surface area (Å²) in [5.74, 6) is 0. The van der Waals surface area contributed by atoms with E-state index < -0.39 is 0 Å². The van der Waals surface area contributed by atoms with Crippen molar-refractivity contribution in [3.05, 3.63) is 0 Å². The molecule has 2 nitrogen and oxygen atoms in total. The number of hydrogen-bond donors (Lipinski definition) is 1. The maximum atomic E-state index is 3.48. The molecular formula is C8H18N2. The number of hydrogen-bond acceptors (Lipinski definition) is 2. The van der Waals surface area contributed by atoms with Crippen molar-refractivity contribution >= 4 is 0 Å². The molecule has 0 saturated carbocycles. The molecule has 0 aliphatic carbocycles. The summed E-state index contributed by atoms with van der Waals surface area (Å²) < 4.78 is 0. The molecule has 0 radical (unpaired) electrons. The summed E-state index contributed by atoms with van der Waals surface area (Å²) >= 11 is 0. The Bertz CT molecular complexity index is 81.3. The van der Waals surface area contributed by atoms with Gasteiger partial charge in [-0.25, -0.2) is 0 Å². The number of nitrogens with one attached hydrogen (secondary N) is 1. The van der Waals surface area contributed by atoms with Crippen LogP contribution in [-0.2, 0) is 0 Å². The SMILES string of the molecule is CC1CCN(C)CCCN1. The number of rotatable bonds is 0. The zero-order valence-corrected chi connectivity index (χ0v) is 7.06. The standard InChI is InChI=1S/C8H18N2/c1-8-4-7-10(2)6-3-5-9-8/h8-9H,3-7H2,1-2H3. The number of nitrogens with zero attached hydrogens (tertiary/aromatic N) is 1. The third-order valence-electron chi connectivity index (χ3n) is 2.15. The Balaban J connectivity index is 2.23. The normalized spacial score (nSPS) is 31.2. The Morgan fingerprint density at radius 2 is 2.20 bits per heavy atom. The van der Waals surface area contributed by atoms with Crippen molar-refractivity contribution in [1.82, 2.24) is 10.2 Å². The molecule has 1 fully saturated rings. The summed E-state index contributed by atoms with van der Waals surface area (Å²) in [5.41, 5.74) is 0. The lowest BCUT2D eigenvalue weighted by molar-refractivity contribution is 0.281. The molecule has 0 amide bonds. The van der Waals surface area contributed by atoms with E-state index in [-0.39, 0.29) is 0 Å². The highest BCUT2D eigenvalue weighted by Gasteiger charge is 2.06. The molecule has 1 aliphatic heterocycles. The summed E-state index contributed by atoms with van der Waals surface area (Å²) in [4.78, 5) is 2.41. The molecule has 0 aromatic rings. The fourth-order valence-corrected chi connectivity index (χ4v) is 1.33. The lowest BCUT2D eigenvalue weighted by atomic mass is 10.2. The van der Waals surface area contributed by atoms with Gasteiger partial charge < -0.3 is 10.2 Å². The fourth-order valence-electron chi connectivity index (χ4n) is 1.33. The second-order valence-corrected chi connectivity index (χ2v) is 3.30. The maximum Gasteiger partial charge on any atom is 0.00509 e. The van der Waals surface area contributed by atoms with Gasteiger partial charge in [0.1, 0.15) is 0 Å². The van der Waals surface area contributed by atoms with E-state index >= 15 is 0 Å². The molecule has 0 aromatic carbocycles. The molecule has 0 bridgehead atoms. The third kappa shape index (κ3) is 2.67. The van der Waals surface area contributed by atoms with Gasteiger partial charge in [-0.05, 0) is 46.4 Å². The lowest BCUT2D eigenvalue weighted by Gasteiger charge is -2.23. The van der Waals surface area contributed by atoms with Crippen LogP contribution in [0.3, 0.4) is 0 Å². The van der Waals surface area contributed by atoms with Crippen LogP contribution in [0, 0.1) is 0 Å². The van der Waals surface area contributed by atoms with Crippen molar-refractivity contribution in [3.8, 4) is 0 Å². The molecule has 60 valence electrons. The fraction of sp³-hybridized carbons (Fsp3) is 1.00.